The number of benzene rings is 4. The highest BCUT2D eigenvalue weighted by molar-refractivity contribution is 5.95. The molecular formula is C28H27NO6. The minimum Gasteiger partial charge on any atom is -0.508 e. The van der Waals surface area contributed by atoms with Crippen LogP contribution in [0, 0.1) is 0 Å². The van der Waals surface area contributed by atoms with E-state index in [9.17, 15) is 10.2 Å². The average molecular weight is 474 g/mol. The molecule has 0 saturated heterocycles. The van der Waals surface area contributed by atoms with Gasteiger partial charge in [0.05, 0.1) is 40.5 Å². The van der Waals surface area contributed by atoms with E-state index in [0.717, 1.165) is 21.9 Å². The summed E-state index contributed by atoms with van der Waals surface area (Å²) in [6, 6.07) is 17.7. The number of ether oxygens (including phenoxy) is 4. The Kier molecular flexibility index (Phi) is 5.78. The van der Waals surface area contributed by atoms with Crippen LogP contribution in [0.4, 0.5) is 0 Å². The van der Waals surface area contributed by atoms with Gasteiger partial charge in [0.2, 0.25) is 0 Å². The van der Waals surface area contributed by atoms with Crippen molar-refractivity contribution in [3.8, 4) is 34.5 Å². The molecule has 3 N–H and O–H groups in total. The molecular weight excluding hydrogens is 446 g/mol. The third-order valence-electron chi connectivity index (χ3n) is 6.61. The van der Waals surface area contributed by atoms with E-state index in [0.29, 0.717) is 34.1 Å². The minimum absolute atomic E-state index is 0.141. The van der Waals surface area contributed by atoms with Crippen LogP contribution >= 0.6 is 0 Å². The predicted octanol–water partition coefficient (Wildman–Crippen LogP) is 5.07. The maximum absolute atomic E-state index is 11.0. The lowest BCUT2D eigenvalue weighted by Crippen LogP contribution is -2.32. The van der Waals surface area contributed by atoms with Crippen LogP contribution in [0.25, 0.3) is 10.8 Å². The summed E-state index contributed by atoms with van der Waals surface area (Å²) < 4.78 is 21.9. The summed E-state index contributed by atoms with van der Waals surface area (Å²) in [4.78, 5) is 0. The maximum Gasteiger partial charge on any atom is 0.161 e. The maximum atomic E-state index is 11.0. The van der Waals surface area contributed by atoms with Crippen molar-refractivity contribution in [1.82, 2.24) is 5.32 Å². The van der Waals surface area contributed by atoms with Crippen LogP contribution in [0.2, 0.25) is 0 Å². The smallest absolute Gasteiger partial charge is 0.161 e. The second-order valence-electron chi connectivity index (χ2n) is 8.36. The lowest BCUT2D eigenvalue weighted by Gasteiger charge is -2.35. The van der Waals surface area contributed by atoms with Crippen molar-refractivity contribution in [3.63, 3.8) is 0 Å². The number of phenolic OH excluding ortho intramolecular Hbond substituents is 2. The van der Waals surface area contributed by atoms with Gasteiger partial charge in [0, 0.05) is 11.1 Å². The third kappa shape index (κ3) is 3.65. The van der Waals surface area contributed by atoms with Crippen molar-refractivity contribution in [3.05, 3.63) is 82.9 Å². The third-order valence-corrected chi connectivity index (χ3v) is 6.61. The Labute approximate surface area is 203 Å². The van der Waals surface area contributed by atoms with Gasteiger partial charge in [-0.05, 0) is 58.3 Å². The molecule has 5 rings (SSSR count). The lowest BCUT2D eigenvalue weighted by molar-refractivity contribution is 0.353. The monoisotopic (exact) mass is 473 g/mol. The molecule has 0 spiro atoms. The Morgan fingerprint density at radius 1 is 0.571 bits per heavy atom. The summed E-state index contributed by atoms with van der Waals surface area (Å²) >= 11 is 0. The van der Waals surface area contributed by atoms with Crippen molar-refractivity contribution in [1.29, 1.82) is 0 Å². The number of phenols is 2. The molecule has 4 aromatic carbocycles. The normalized spacial score (nSPS) is 16.7. The Hall–Kier alpha value is -4.10. The van der Waals surface area contributed by atoms with Crippen molar-refractivity contribution in [2.75, 3.05) is 28.4 Å². The van der Waals surface area contributed by atoms with Crippen LogP contribution in [-0.2, 0) is 0 Å². The first kappa shape index (κ1) is 22.7. The number of aromatic hydroxyl groups is 2. The zero-order valence-electron chi connectivity index (χ0n) is 20.0. The topological polar surface area (TPSA) is 89.4 Å². The molecule has 0 radical (unpaired) electrons. The number of rotatable bonds is 6. The Bertz CT molecular complexity index is 1310. The van der Waals surface area contributed by atoms with E-state index in [4.69, 9.17) is 18.9 Å². The van der Waals surface area contributed by atoms with E-state index in [1.54, 1.807) is 40.6 Å². The average Bonchev–Trinajstić information content (AvgIpc) is 2.90. The first-order valence-corrected chi connectivity index (χ1v) is 11.2. The van der Waals surface area contributed by atoms with Crippen LogP contribution < -0.4 is 24.3 Å². The summed E-state index contributed by atoms with van der Waals surface area (Å²) in [5.74, 6) is 2.68. The van der Waals surface area contributed by atoms with Gasteiger partial charge in [0.1, 0.15) is 11.5 Å². The lowest BCUT2D eigenvalue weighted by atomic mass is 9.81. The zero-order valence-corrected chi connectivity index (χ0v) is 20.0. The van der Waals surface area contributed by atoms with Gasteiger partial charge in [-0.3, -0.25) is 5.32 Å². The Morgan fingerprint density at radius 2 is 1.00 bits per heavy atom. The highest BCUT2D eigenvalue weighted by atomic mass is 16.5. The fraction of sp³-hybridized carbons (Fsp3) is 0.214. The summed E-state index contributed by atoms with van der Waals surface area (Å²) in [5, 5.41) is 27.4. The Balaban J connectivity index is 1.78. The Morgan fingerprint density at radius 3 is 1.40 bits per heavy atom. The van der Waals surface area contributed by atoms with E-state index < -0.39 is 12.1 Å². The molecule has 0 aromatic heterocycles. The largest absolute Gasteiger partial charge is 0.508 e. The molecule has 7 nitrogen and oxygen atoms in total. The van der Waals surface area contributed by atoms with E-state index in [2.05, 4.69) is 5.32 Å². The van der Waals surface area contributed by atoms with Gasteiger partial charge in [-0.1, -0.05) is 24.3 Å². The molecule has 2 atom stereocenters. The number of nitrogens with one attached hydrogen (secondary N) is 1. The van der Waals surface area contributed by atoms with E-state index in [-0.39, 0.29) is 11.5 Å². The molecule has 1 aliphatic heterocycles. The van der Waals surface area contributed by atoms with Crippen LogP contribution in [0.3, 0.4) is 0 Å². The van der Waals surface area contributed by atoms with Gasteiger partial charge in [-0.15, -0.1) is 0 Å². The van der Waals surface area contributed by atoms with Crippen molar-refractivity contribution in [2.45, 2.75) is 12.1 Å². The van der Waals surface area contributed by atoms with Crippen molar-refractivity contribution < 1.29 is 29.2 Å². The highest BCUT2D eigenvalue weighted by Crippen LogP contribution is 2.49. The molecule has 2 unspecified atom stereocenters. The molecule has 1 heterocycles. The number of hydrogen-bond donors (Lipinski definition) is 3. The van der Waals surface area contributed by atoms with E-state index in [1.165, 1.54) is 0 Å². The standard InChI is InChI=1S/C28H27NO6/c1-32-20-11-7-16(13-22(20)34-3)27-25-18(30)9-5-15-6-10-19(31)26(24(15)25)28(29-27)17-8-12-21(33-2)23(14-17)35-4/h5-14,27-31H,1-4H3. The minimum atomic E-state index is -0.397. The molecule has 0 saturated carbocycles. The SMILES string of the molecule is COc1ccc(C2NC(c3ccc(OC)c(OC)c3)c3c(O)ccc4ccc(O)c2c34)cc1OC. The summed E-state index contributed by atoms with van der Waals surface area (Å²) in [5.41, 5.74) is 3.14. The zero-order chi connectivity index (χ0) is 24.7. The second-order valence-corrected chi connectivity index (χ2v) is 8.36. The van der Waals surface area contributed by atoms with Gasteiger partial charge in [0.25, 0.3) is 0 Å². The van der Waals surface area contributed by atoms with Gasteiger partial charge < -0.3 is 29.2 Å². The molecule has 7 heteroatoms. The number of hydrogen-bond acceptors (Lipinski definition) is 7. The molecule has 0 amide bonds. The quantitative estimate of drug-likeness (QED) is 0.360. The van der Waals surface area contributed by atoms with Crippen molar-refractivity contribution >= 4 is 10.8 Å². The highest BCUT2D eigenvalue weighted by Gasteiger charge is 2.35. The molecule has 0 bridgehead atoms. The fourth-order valence-electron chi connectivity index (χ4n) is 4.96. The van der Waals surface area contributed by atoms with Crippen molar-refractivity contribution in [2.24, 2.45) is 0 Å². The van der Waals surface area contributed by atoms with Gasteiger partial charge in [-0.2, -0.15) is 0 Å². The van der Waals surface area contributed by atoms with E-state index in [1.807, 2.05) is 48.5 Å². The molecule has 0 fully saturated rings. The first-order chi connectivity index (χ1) is 17.0. The molecule has 0 aliphatic carbocycles. The summed E-state index contributed by atoms with van der Waals surface area (Å²) in [6.45, 7) is 0. The molecule has 4 aromatic rings. The first-order valence-electron chi connectivity index (χ1n) is 11.2. The fourth-order valence-corrected chi connectivity index (χ4v) is 4.96. The second kappa shape index (κ2) is 8.92. The summed E-state index contributed by atoms with van der Waals surface area (Å²) in [6.07, 6.45) is 0. The molecule has 1 aliphatic rings. The van der Waals surface area contributed by atoms with Gasteiger partial charge in [0.15, 0.2) is 23.0 Å². The van der Waals surface area contributed by atoms with Gasteiger partial charge in [-0.25, -0.2) is 0 Å². The molecule has 180 valence electrons. The summed E-state index contributed by atoms with van der Waals surface area (Å²) in [7, 11) is 6.37. The van der Waals surface area contributed by atoms with E-state index >= 15 is 0 Å². The predicted molar refractivity (Wildman–Crippen MR) is 133 cm³/mol. The van der Waals surface area contributed by atoms with Gasteiger partial charge >= 0.3 is 0 Å². The van der Waals surface area contributed by atoms with Crippen LogP contribution in [-0.4, -0.2) is 38.7 Å². The van der Waals surface area contributed by atoms with Crippen LogP contribution in [0.1, 0.15) is 34.3 Å². The number of methoxy groups -OCH3 is 4. The van der Waals surface area contributed by atoms with Crippen LogP contribution in [0.5, 0.6) is 34.5 Å². The van der Waals surface area contributed by atoms with Crippen LogP contribution in [0.15, 0.2) is 60.7 Å². The molecule has 35 heavy (non-hydrogen) atoms.